The van der Waals surface area contributed by atoms with Crippen LogP contribution in [-0.2, 0) is 4.79 Å². The molecule has 0 aromatic rings. The molecule has 3 rings (SSSR count). The van der Waals surface area contributed by atoms with Crippen molar-refractivity contribution in [1.82, 2.24) is 10.2 Å². The standard InChI is InChI=1S/C18H24F4N4O2/c1-2-17(19,20)9-11(13(27)25-15(10-23)3-4-15)12-16(18(12,21)22)5-7-26(8-6-16)14(24)28/h11-12H,2-9H2,1H3,(H2,24,28)(H,25,27)/t11-,12?/m0/s1. The van der Waals surface area contributed by atoms with Gasteiger partial charge in [-0.15, -0.1) is 0 Å². The van der Waals surface area contributed by atoms with E-state index in [2.05, 4.69) is 5.32 Å². The van der Waals surface area contributed by atoms with Crippen molar-refractivity contribution in [2.75, 3.05) is 13.1 Å². The molecule has 2 saturated carbocycles. The summed E-state index contributed by atoms with van der Waals surface area (Å²) in [5.41, 5.74) is 2.47. The van der Waals surface area contributed by atoms with E-state index in [1.54, 1.807) is 0 Å². The first-order chi connectivity index (χ1) is 12.9. The number of amides is 3. The van der Waals surface area contributed by atoms with Crippen LogP contribution in [0.5, 0.6) is 0 Å². The van der Waals surface area contributed by atoms with Gasteiger partial charge >= 0.3 is 6.03 Å². The number of likely N-dealkylation sites (tertiary alicyclic amines) is 1. The lowest BCUT2D eigenvalue weighted by Crippen LogP contribution is -2.45. The fourth-order valence-electron chi connectivity index (χ4n) is 4.49. The van der Waals surface area contributed by atoms with E-state index in [1.807, 2.05) is 6.07 Å². The van der Waals surface area contributed by atoms with E-state index >= 15 is 0 Å². The lowest BCUT2D eigenvalue weighted by Gasteiger charge is -2.32. The topological polar surface area (TPSA) is 99.2 Å². The van der Waals surface area contributed by atoms with Crippen molar-refractivity contribution < 1.29 is 27.2 Å². The first kappa shape index (κ1) is 20.7. The predicted molar refractivity (Wildman–Crippen MR) is 90.3 cm³/mol. The second-order valence-corrected chi connectivity index (χ2v) is 8.29. The quantitative estimate of drug-likeness (QED) is 0.666. The summed E-state index contributed by atoms with van der Waals surface area (Å²) >= 11 is 0. The number of carbonyl (C=O) groups excluding carboxylic acids is 2. The summed E-state index contributed by atoms with van der Waals surface area (Å²) in [5.74, 6) is -10.6. The average molecular weight is 404 g/mol. The third kappa shape index (κ3) is 3.29. The van der Waals surface area contributed by atoms with Crippen LogP contribution in [0.2, 0.25) is 0 Å². The number of nitrogens with one attached hydrogen (secondary N) is 1. The van der Waals surface area contributed by atoms with Crippen molar-refractivity contribution in [2.24, 2.45) is 23.0 Å². The van der Waals surface area contributed by atoms with Gasteiger partial charge in [0.15, 0.2) is 0 Å². The van der Waals surface area contributed by atoms with E-state index in [1.165, 1.54) is 11.8 Å². The molecule has 1 saturated heterocycles. The molecule has 2 aliphatic carbocycles. The van der Waals surface area contributed by atoms with Gasteiger partial charge in [0, 0.05) is 37.3 Å². The number of primary amides is 1. The maximum atomic E-state index is 14.9. The van der Waals surface area contributed by atoms with E-state index in [0.29, 0.717) is 12.8 Å². The number of piperidine rings is 1. The molecule has 1 aliphatic heterocycles. The first-order valence-corrected chi connectivity index (χ1v) is 9.47. The van der Waals surface area contributed by atoms with E-state index in [0.717, 1.165) is 0 Å². The monoisotopic (exact) mass is 404 g/mol. The Bertz CT molecular complexity index is 709. The number of urea groups is 1. The molecule has 1 unspecified atom stereocenters. The minimum Gasteiger partial charge on any atom is -0.351 e. The van der Waals surface area contributed by atoms with Crippen LogP contribution < -0.4 is 11.1 Å². The summed E-state index contributed by atoms with van der Waals surface area (Å²) in [6, 6.07) is 1.20. The number of alkyl halides is 4. The van der Waals surface area contributed by atoms with Crippen molar-refractivity contribution in [3.8, 4) is 6.07 Å². The fraction of sp³-hybridized carbons (Fsp3) is 0.833. The molecule has 3 amide bonds. The first-order valence-electron chi connectivity index (χ1n) is 9.47. The molecule has 28 heavy (non-hydrogen) atoms. The van der Waals surface area contributed by atoms with Crippen LogP contribution >= 0.6 is 0 Å². The van der Waals surface area contributed by atoms with E-state index in [9.17, 15) is 27.2 Å². The van der Waals surface area contributed by atoms with Gasteiger partial charge in [0.25, 0.3) is 5.92 Å². The highest BCUT2D eigenvalue weighted by Crippen LogP contribution is 2.74. The Morgan fingerprint density at radius 3 is 2.29 bits per heavy atom. The van der Waals surface area contributed by atoms with Gasteiger partial charge in [-0.25, -0.2) is 22.4 Å². The van der Waals surface area contributed by atoms with Gasteiger partial charge < -0.3 is 16.0 Å². The Kier molecular flexibility index (Phi) is 4.79. The number of hydrogen-bond acceptors (Lipinski definition) is 3. The van der Waals surface area contributed by atoms with Gasteiger partial charge in [0.1, 0.15) is 5.54 Å². The van der Waals surface area contributed by atoms with Gasteiger partial charge in [-0.05, 0) is 25.7 Å². The molecule has 156 valence electrons. The molecule has 3 N–H and O–H groups in total. The van der Waals surface area contributed by atoms with Crippen LogP contribution in [0.3, 0.4) is 0 Å². The molecular formula is C18H24F4N4O2. The Morgan fingerprint density at radius 2 is 1.86 bits per heavy atom. The zero-order chi connectivity index (χ0) is 21.0. The van der Waals surface area contributed by atoms with E-state index in [4.69, 9.17) is 11.0 Å². The predicted octanol–water partition coefficient (Wildman–Crippen LogP) is 2.64. The van der Waals surface area contributed by atoms with Crippen LogP contribution in [0.1, 0.15) is 45.4 Å². The number of carbonyl (C=O) groups is 2. The normalized spacial score (nSPS) is 27.6. The molecule has 3 fully saturated rings. The number of nitriles is 1. The van der Waals surface area contributed by atoms with Crippen molar-refractivity contribution in [3.63, 3.8) is 0 Å². The third-order valence-corrected chi connectivity index (χ3v) is 6.64. The van der Waals surface area contributed by atoms with Crippen LogP contribution in [0.25, 0.3) is 0 Å². The summed E-state index contributed by atoms with van der Waals surface area (Å²) in [7, 11) is 0. The van der Waals surface area contributed by atoms with E-state index in [-0.39, 0.29) is 25.9 Å². The molecule has 0 bridgehead atoms. The molecule has 0 aromatic carbocycles. The van der Waals surface area contributed by atoms with Crippen LogP contribution in [0.4, 0.5) is 22.4 Å². The van der Waals surface area contributed by atoms with E-state index < -0.39 is 59.4 Å². The Balaban J connectivity index is 1.83. The van der Waals surface area contributed by atoms with Gasteiger partial charge in [0.05, 0.1) is 12.0 Å². The number of nitrogens with two attached hydrogens (primary N) is 1. The molecule has 6 nitrogen and oxygen atoms in total. The zero-order valence-electron chi connectivity index (χ0n) is 15.6. The molecule has 10 heteroatoms. The second-order valence-electron chi connectivity index (χ2n) is 8.29. The van der Waals surface area contributed by atoms with Crippen LogP contribution in [0, 0.1) is 28.6 Å². The molecule has 0 aromatic heterocycles. The summed E-state index contributed by atoms with van der Waals surface area (Å²) in [6.45, 7) is 1.24. The molecule has 2 atom stereocenters. The maximum Gasteiger partial charge on any atom is 0.314 e. The van der Waals surface area contributed by atoms with Gasteiger partial charge in [-0.3, -0.25) is 4.79 Å². The summed E-state index contributed by atoms with van der Waals surface area (Å²) < 4.78 is 57.9. The molecule has 0 radical (unpaired) electrons. The average Bonchev–Trinajstić information content (AvgIpc) is 3.50. The SMILES string of the molecule is CCC(F)(F)C[C@H](C(=O)NC1(C#N)CC1)C1C(F)(F)C12CCN(C(N)=O)CC2. The zero-order valence-corrected chi connectivity index (χ0v) is 15.6. The van der Waals surface area contributed by atoms with Crippen molar-refractivity contribution >= 4 is 11.9 Å². The number of hydrogen-bond donors (Lipinski definition) is 2. The summed E-state index contributed by atoms with van der Waals surface area (Å²) in [5, 5.41) is 11.6. The third-order valence-electron chi connectivity index (χ3n) is 6.64. The smallest absolute Gasteiger partial charge is 0.314 e. The van der Waals surface area contributed by atoms with Gasteiger partial charge in [0.2, 0.25) is 11.8 Å². The molecule has 1 heterocycles. The van der Waals surface area contributed by atoms with Gasteiger partial charge in [-0.1, -0.05) is 6.92 Å². The molecule has 1 spiro atoms. The number of nitrogens with zero attached hydrogens (tertiary/aromatic N) is 2. The van der Waals surface area contributed by atoms with Crippen LogP contribution in [0.15, 0.2) is 0 Å². The summed E-state index contributed by atoms with van der Waals surface area (Å²) in [4.78, 5) is 25.2. The van der Waals surface area contributed by atoms with Crippen molar-refractivity contribution in [3.05, 3.63) is 0 Å². The van der Waals surface area contributed by atoms with Crippen LogP contribution in [-0.4, -0.2) is 47.3 Å². The molecular weight excluding hydrogens is 380 g/mol. The number of halogens is 4. The highest BCUT2D eigenvalue weighted by Gasteiger charge is 2.82. The minimum absolute atomic E-state index is 0.00205. The van der Waals surface area contributed by atoms with Crippen molar-refractivity contribution in [1.29, 1.82) is 5.26 Å². The highest BCUT2D eigenvalue weighted by atomic mass is 19.3. The fourth-order valence-corrected chi connectivity index (χ4v) is 4.49. The molecule has 3 aliphatic rings. The lowest BCUT2D eigenvalue weighted by molar-refractivity contribution is -0.132. The Labute approximate surface area is 160 Å². The lowest BCUT2D eigenvalue weighted by atomic mass is 9.83. The highest BCUT2D eigenvalue weighted by molar-refractivity contribution is 5.82. The summed E-state index contributed by atoms with van der Waals surface area (Å²) in [6.07, 6.45) is -0.992. The Hall–Kier alpha value is -2.05. The second kappa shape index (κ2) is 6.49. The Morgan fingerprint density at radius 1 is 1.29 bits per heavy atom. The maximum absolute atomic E-state index is 14.9. The largest absolute Gasteiger partial charge is 0.351 e. The van der Waals surface area contributed by atoms with Gasteiger partial charge in [-0.2, -0.15) is 5.26 Å². The van der Waals surface area contributed by atoms with Crippen molar-refractivity contribution in [2.45, 2.75) is 62.8 Å². The number of rotatable bonds is 6. The minimum atomic E-state index is -3.29.